The highest BCUT2D eigenvalue weighted by Gasteiger charge is 2.30. The number of carbonyl (C=O) groups excluding carboxylic acids is 1. The topological polar surface area (TPSA) is 39.2 Å². The van der Waals surface area contributed by atoms with Gasteiger partial charge in [-0.1, -0.05) is 13.3 Å². The molecule has 18 heavy (non-hydrogen) atoms. The summed E-state index contributed by atoms with van der Waals surface area (Å²) >= 11 is 1.80. The van der Waals surface area contributed by atoms with E-state index < -0.39 is 0 Å². The molecule has 0 saturated heterocycles. The number of hydrogen-bond donors (Lipinski definition) is 0. The number of thiazole rings is 1. The standard InChI is InChI=1S/C14H21NO2S/c1-3-5-9-12-15-13-10(14(16)17-4-2)7-6-8-11(13)18-12/h10H,3-9H2,1-2H3. The molecule has 1 unspecified atom stereocenters. The number of fused-ring (bicyclic) bond motifs is 1. The largest absolute Gasteiger partial charge is 0.465 e. The summed E-state index contributed by atoms with van der Waals surface area (Å²) in [6.45, 7) is 4.50. The Hall–Kier alpha value is -0.900. The summed E-state index contributed by atoms with van der Waals surface area (Å²) in [6.07, 6.45) is 6.45. The van der Waals surface area contributed by atoms with Crippen LogP contribution in [0.1, 0.15) is 61.0 Å². The molecular formula is C14H21NO2S. The van der Waals surface area contributed by atoms with Gasteiger partial charge in [-0.15, -0.1) is 11.3 Å². The Labute approximate surface area is 113 Å². The van der Waals surface area contributed by atoms with Crippen LogP contribution < -0.4 is 0 Å². The minimum atomic E-state index is -0.111. The van der Waals surface area contributed by atoms with Gasteiger partial charge in [-0.05, 0) is 39.0 Å². The third-order valence-corrected chi connectivity index (χ3v) is 4.50. The molecule has 3 nitrogen and oxygen atoms in total. The van der Waals surface area contributed by atoms with Gasteiger partial charge in [0.2, 0.25) is 0 Å². The number of ether oxygens (including phenoxy) is 1. The van der Waals surface area contributed by atoms with Crippen LogP contribution in [0.2, 0.25) is 0 Å². The zero-order valence-electron chi connectivity index (χ0n) is 11.2. The molecule has 0 N–H and O–H groups in total. The van der Waals surface area contributed by atoms with Gasteiger partial charge in [-0.25, -0.2) is 4.98 Å². The van der Waals surface area contributed by atoms with Crippen LogP contribution in [0.3, 0.4) is 0 Å². The summed E-state index contributed by atoms with van der Waals surface area (Å²) < 4.78 is 5.15. The predicted molar refractivity (Wildman–Crippen MR) is 73.0 cm³/mol. The van der Waals surface area contributed by atoms with Crippen molar-refractivity contribution in [1.29, 1.82) is 0 Å². The Balaban J connectivity index is 2.15. The molecule has 1 heterocycles. The van der Waals surface area contributed by atoms with Crippen LogP contribution in [0.25, 0.3) is 0 Å². The predicted octanol–water partition coefficient (Wildman–Crippen LogP) is 3.47. The molecule has 1 aliphatic carbocycles. The van der Waals surface area contributed by atoms with E-state index in [4.69, 9.17) is 9.72 Å². The molecule has 0 fully saturated rings. The molecule has 4 heteroatoms. The maximum absolute atomic E-state index is 11.9. The molecule has 100 valence electrons. The van der Waals surface area contributed by atoms with Gasteiger partial charge in [-0.3, -0.25) is 4.79 Å². The van der Waals surface area contributed by atoms with Crippen LogP contribution in [0.5, 0.6) is 0 Å². The van der Waals surface area contributed by atoms with Crippen molar-refractivity contribution in [2.24, 2.45) is 0 Å². The van der Waals surface area contributed by atoms with Crippen molar-refractivity contribution in [2.75, 3.05) is 6.61 Å². The molecular weight excluding hydrogens is 246 g/mol. The summed E-state index contributed by atoms with van der Waals surface area (Å²) in [5, 5.41) is 1.19. The molecule has 1 aromatic rings. The molecule has 0 radical (unpaired) electrons. The van der Waals surface area contributed by atoms with Crippen molar-refractivity contribution in [2.45, 2.75) is 58.3 Å². The highest BCUT2D eigenvalue weighted by molar-refractivity contribution is 7.11. The first-order valence-electron chi connectivity index (χ1n) is 6.91. The van der Waals surface area contributed by atoms with E-state index in [1.165, 1.54) is 22.7 Å². The molecule has 1 aliphatic rings. The zero-order valence-corrected chi connectivity index (χ0v) is 12.0. The molecule has 1 aromatic heterocycles. The number of nitrogens with zero attached hydrogens (tertiary/aromatic N) is 1. The lowest BCUT2D eigenvalue weighted by atomic mass is 9.91. The van der Waals surface area contributed by atoms with Crippen LogP contribution >= 0.6 is 11.3 Å². The number of aromatic nitrogens is 1. The molecule has 0 aromatic carbocycles. The Morgan fingerprint density at radius 3 is 3.06 bits per heavy atom. The summed E-state index contributed by atoms with van der Waals surface area (Å²) in [5.74, 6) is -0.203. The van der Waals surface area contributed by atoms with Crippen LogP contribution in [-0.4, -0.2) is 17.6 Å². The Kier molecular flexibility index (Phi) is 4.75. The van der Waals surface area contributed by atoms with E-state index in [-0.39, 0.29) is 11.9 Å². The average molecular weight is 267 g/mol. The summed E-state index contributed by atoms with van der Waals surface area (Å²) in [6, 6.07) is 0. The number of rotatable bonds is 5. The van der Waals surface area contributed by atoms with Gasteiger partial charge in [0, 0.05) is 4.88 Å². The van der Waals surface area contributed by atoms with E-state index in [1.807, 2.05) is 6.92 Å². The van der Waals surface area contributed by atoms with Crippen LogP contribution in [0, 0.1) is 0 Å². The lowest BCUT2D eigenvalue weighted by molar-refractivity contribution is -0.145. The van der Waals surface area contributed by atoms with Crippen molar-refractivity contribution < 1.29 is 9.53 Å². The lowest BCUT2D eigenvalue weighted by Gasteiger charge is -2.19. The van der Waals surface area contributed by atoms with Crippen LogP contribution in [-0.2, 0) is 22.4 Å². The van der Waals surface area contributed by atoms with Crippen molar-refractivity contribution >= 4 is 17.3 Å². The van der Waals surface area contributed by atoms with Gasteiger partial charge in [0.05, 0.1) is 17.3 Å². The molecule has 1 atom stereocenters. The smallest absolute Gasteiger partial charge is 0.315 e. The maximum Gasteiger partial charge on any atom is 0.315 e. The first kappa shape index (κ1) is 13.5. The van der Waals surface area contributed by atoms with E-state index in [0.29, 0.717) is 6.61 Å². The van der Waals surface area contributed by atoms with E-state index in [2.05, 4.69) is 6.92 Å². The average Bonchev–Trinajstić information content (AvgIpc) is 2.79. The van der Waals surface area contributed by atoms with Crippen LogP contribution in [0.15, 0.2) is 0 Å². The highest BCUT2D eigenvalue weighted by atomic mass is 32.1. The van der Waals surface area contributed by atoms with E-state index in [0.717, 1.165) is 31.4 Å². The first-order chi connectivity index (χ1) is 8.76. The fourth-order valence-corrected chi connectivity index (χ4v) is 3.59. The summed E-state index contributed by atoms with van der Waals surface area (Å²) in [7, 11) is 0. The summed E-state index contributed by atoms with van der Waals surface area (Å²) in [5.41, 5.74) is 1.01. The number of esters is 1. The van der Waals surface area contributed by atoms with Gasteiger partial charge < -0.3 is 4.74 Å². The maximum atomic E-state index is 11.9. The third-order valence-electron chi connectivity index (χ3n) is 3.31. The number of unbranched alkanes of at least 4 members (excludes halogenated alkanes) is 1. The number of carbonyl (C=O) groups is 1. The minimum absolute atomic E-state index is 0.0919. The van der Waals surface area contributed by atoms with Crippen molar-refractivity contribution in [3.05, 3.63) is 15.6 Å². The molecule has 0 amide bonds. The number of hydrogen-bond acceptors (Lipinski definition) is 4. The van der Waals surface area contributed by atoms with Crippen molar-refractivity contribution in [3.63, 3.8) is 0 Å². The molecule has 2 rings (SSSR count). The fraction of sp³-hybridized carbons (Fsp3) is 0.714. The van der Waals surface area contributed by atoms with E-state index in [1.54, 1.807) is 11.3 Å². The van der Waals surface area contributed by atoms with Gasteiger partial charge in [0.1, 0.15) is 5.92 Å². The van der Waals surface area contributed by atoms with Gasteiger partial charge in [0.25, 0.3) is 0 Å². The Morgan fingerprint density at radius 2 is 2.33 bits per heavy atom. The van der Waals surface area contributed by atoms with Gasteiger partial charge in [0.15, 0.2) is 0 Å². The van der Waals surface area contributed by atoms with Gasteiger partial charge in [-0.2, -0.15) is 0 Å². The van der Waals surface area contributed by atoms with Crippen LogP contribution in [0.4, 0.5) is 0 Å². The second-order valence-corrected chi connectivity index (χ2v) is 5.88. The second kappa shape index (κ2) is 6.32. The lowest BCUT2D eigenvalue weighted by Crippen LogP contribution is -2.20. The molecule has 0 spiro atoms. The molecule has 0 saturated carbocycles. The Bertz CT molecular complexity index is 414. The second-order valence-electron chi connectivity index (χ2n) is 4.72. The monoisotopic (exact) mass is 267 g/mol. The molecule has 0 bridgehead atoms. The Morgan fingerprint density at radius 1 is 1.50 bits per heavy atom. The zero-order chi connectivity index (χ0) is 13.0. The van der Waals surface area contributed by atoms with Crippen molar-refractivity contribution in [3.8, 4) is 0 Å². The minimum Gasteiger partial charge on any atom is -0.465 e. The SMILES string of the molecule is CCCCc1nc2c(s1)CCCC2C(=O)OCC. The fourth-order valence-electron chi connectivity index (χ4n) is 2.38. The molecule has 0 aliphatic heterocycles. The normalized spacial score (nSPS) is 18.4. The van der Waals surface area contributed by atoms with E-state index >= 15 is 0 Å². The highest BCUT2D eigenvalue weighted by Crippen LogP contribution is 2.35. The van der Waals surface area contributed by atoms with E-state index in [9.17, 15) is 4.79 Å². The van der Waals surface area contributed by atoms with Crippen molar-refractivity contribution in [1.82, 2.24) is 4.98 Å². The van der Waals surface area contributed by atoms with Gasteiger partial charge >= 0.3 is 5.97 Å². The quantitative estimate of drug-likeness (QED) is 0.767. The summed E-state index contributed by atoms with van der Waals surface area (Å²) in [4.78, 5) is 17.9. The first-order valence-corrected chi connectivity index (χ1v) is 7.73. The third kappa shape index (κ3) is 2.91. The number of aryl methyl sites for hydroxylation is 2.